The number of hydrogen-bond donors (Lipinski definition) is 1. The van der Waals surface area contributed by atoms with E-state index in [9.17, 15) is 4.79 Å². The largest absolute Gasteiger partial charge is 0.342 e. The molecule has 1 aromatic heterocycles. The highest BCUT2D eigenvalue weighted by Crippen LogP contribution is 2.35. The van der Waals surface area contributed by atoms with Crippen LogP contribution in [0.2, 0.25) is 0 Å². The average molecular weight is 301 g/mol. The van der Waals surface area contributed by atoms with E-state index in [0.717, 1.165) is 25.1 Å². The van der Waals surface area contributed by atoms with Gasteiger partial charge in [-0.25, -0.2) is 0 Å². The number of amides is 1. The van der Waals surface area contributed by atoms with Crippen LogP contribution in [0.15, 0.2) is 16.8 Å². The lowest BCUT2D eigenvalue weighted by molar-refractivity contribution is -0.129. The number of carbonyl (C=O) groups is 1. The smallest absolute Gasteiger partial charge is 0.227 e. The number of nitrogens with two attached hydrogens (primary N) is 1. The Hall–Kier alpha value is -0.580. The molecule has 1 saturated carbocycles. The fraction of sp³-hybridized carbons (Fsp3) is 0.643. The Morgan fingerprint density at radius 2 is 2.26 bits per heavy atom. The van der Waals surface area contributed by atoms with Gasteiger partial charge in [-0.2, -0.15) is 11.3 Å². The van der Waals surface area contributed by atoms with Crippen molar-refractivity contribution in [2.45, 2.75) is 31.7 Å². The lowest BCUT2D eigenvalue weighted by Crippen LogP contribution is -2.38. The van der Waals surface area contributed by atoms with E-state index < -0.39 is 0 Å². The topological polar surface area (TPSA) is 46.3 Å². The molecule has 5 heteroatoms. The Morgan fingerprint density at radius 3 is 2.95 bits per heavy atom. The molecule has 1 amide bonds. The van der Waals surface area contributed by atoms with Gasteiger partial charge in [-0.05, 0) is 47.1 Å². The van der Waals surface area contributed by atoms with Gasteiger partial charge in [0.15, 0.2) is 0 Å². The summed E-state index contributed by atoms with van der Waals surface area (Å²) in [7, 11) is 0. The van der Waals surface area contributed by atoms with Crippen LogP contribution >= 0.6 is 23.7 Å². The maximum absolute atomic E-state index is 12.3. The number of fused-ring (bicyclic) bond motifs is 1. The van der Waals surface area contributed by atoms with Crippen molar-refractivity contribution >= 4 is 29.7 Å². The second-order valence-corrected chi connectivity index (χ2v) is 6.41. The van der Waals surface area contributed by atoms with Gasteiger partial charge < -0.3 is 10.6 Å². The van der Waals surface area contributed by atoms with Gasteiger partial charge in [0.05, 0.1) is 6.42 Å². The fourth-order valence-electron chi connectivity index (χ4n) is 3.40. The normalized spacial score (nSPS) is 29.7. The van der Waals surface area contributed by atoms with Crippen LogP contribution in [-0.4, -0.2) is 29.9 Å². The highest BCUT2D eigenvalue weighted by Gasteiger charge is 2.40. The van der Waals surface area contributed by atoms with Crippen LogP contribution < -0.4 is 5.73 Å². The molecule has 0 bridgehead atoms. The number of likely N-dealkylation sites (tertiary alicyclic amines) is 1. The third-order valence-corrected chi connectivity index (χ3v) is 5.17. The predicted octanol–water partition coefficient (Wildman–Crippen LogP) is 2.30. The molecule has 0 radical (unpaired) electrons. The monoisotopic (exact) mass is 300 g/mol. The molecule has 2 N–H and O–H groups in total. The van der Waals surface area contributed by atoms with Crippen molar-refractivity contribution < 1.29 is 4.79 Å². The molecular weight excluding hydrogens is 280 g/mol. The Labute approximate surface area is 124 Å². The molecule has 0 spiro atoms. The van der Waals surface area contributed by atoms with Gasteiger partial charge >= 0.3 is 0 Å². The van der Waals surface area contributed by atoms with Crippen LogP contribution in [0.5, 0.6) is 0 Å². The molecule has 1 aliphatic heterocycles. The molecule has 2 fully saturated rings. The van der Waals surface area contributed by atoms with Crippen molar-refractivity contribution in [3.8, 4) is 0 Å². The van der Waals surface area contributed by atoms with Crippen molar-refractivity contribution in [3.63, 3.8) is 0 Å². The summed E-state index contributed by atoms with van der Waals surface area (Å²) in [4.78, 5) is 14.3. The van der Waals surface area contributed by atoms with Crippen LogP contribution in [0.3, 0.4) is 0 Å². The van der Waals surface area contributed by atoms with Gasteiger partial charge in [0, 0.05) is 19.1 Å². The van der Waals surface area contributed by atoms with Crippen LogP contribution in [0.25, 0.3) is 0 Å². The molecule has 3 unspecified atom stereocenters. The van der Waals surface area contributed by atoms with Crippen molar-refractivity contribution in [2.24, 2.45) is 17.6 Å². The SMILES string of the molecule is Cl.NC1CCCC2CN(C(=O)Cc3ccsc3)CC12. The van der Waals surface area contributed by atoms with E-state index in [4.69, 9.17) is 5.73 Å². The summed E-state index contributed by atoms with van der Waals surface area (Å²) in [5.41, 5.74) is 7.32. The van der Waals surface area contributed by atoms with E-state index in [0.29, 0.717) is 24.3 Å². The Kier molecular flexibility index (Phi) is 4.87. The molecule has 0 aromatic carbocycles. The second kappa shape index (κ2) is 6.25. The minimum Gasteiger partial charge on any atom is -0.342 e. The van der Waals surface area contributed by atoms with Crippen molar-refractivity contribution in [2.75, 3.05) is 13.1 Å². The summed E-state index contributed by atoms with van der Waals surface area (Å²) in [5, 5.41) is 4.09. The molecule has 2 heterocycles. The molecule has 3 atom stereocenters. The van der Waals surface area contributed by atoms with Crippen molar-refractivity contribution in [1.29, 1.82) is 0 Å². The lowest BCUT2D eigenvalue weighted by Gasteiger charge is -2.29. The quantitative estimate of drug-likeness (QED) is 0.911. The third-order valence-electron chi connectivity index (χ3n) is 4.44. The Morgan fingerprint density at radius 1 is 1.42 bits per heavy atom. The maximum atomic E-state index is 12.3. The predicted molar refractivity (Wildman–Crippen MR) is 80.7 cm³/mol. The number of halogens is 1. The summed E-state index contributed by atoms with van der Waals surface area (Å²) in [6.45, 7) is 1.82. The first kappa shape index (κ1) is 14.8. The van der Waals surface area contributed by atoms with Gasteiger partial charge in [-0.15, -0.1) is 12.4 Å². The molecule has 19 heavy (non-hydrogen) atoms. The maximum Gasteiger partial charge on any atom is 0.227 e. The summed E-state index contributed by atoms with van der Waals surface area (Å²) < 4.78 is 0. The summed E-state index contributed by atoms with van der Waals surface area (Å²) in [6.07, 6.45) is 4.17. The van der Waals surface area contributed by atoms with Crippen LogP contribution in [0.1, 0.15) is 24.8 Å². The molecule has 2 aliphatic rings. The molecule has 3 rings (SSSR count). The van der Waals surface area contributed by atoms with Crippen molar-refractivity contribution in [3.05, 3.63) is 22.4 Å². The van der Waals surface area contributed by atoms with Gasteiger partial charge in [0.25, 0.3) is 0 Å². The van der Waals surface area contributed by atoms with E-state index >= 15 is 0 Å². The van der Waals surface area contributed by atoms with E-state index in [1.54, 1.807) is 11.3 Å². The van der Waals surface area contributed by atoms with Crippen LogP contribution in [0, 0.1) is 11.8 Å². The Bertz CT molecular complexity index is 423. The minimum atomic E-state index is 0. The number of nitrogens with zero attached hydrogens (tertiary/aromatic N) is 1. The molecule has 1 aromatic rings. The van der Waals surface area contributed by atoms with Gasteiger partial charge in [-0.3, -0.25) is 4.79 Å². The van der Waals surface area contributed by atoms with Gasteiger partial charge in [0.2, 0.25) is 5.91 Å². The number of carbonyl (C=O) groups excluding carboxylic acids is 1. The minimum absolute atomic E-state index is 0. The highest BCUT2D eigenvalue weighted by molar-refractivity contribution is 7.07. The number of hydrogen-bond acceptors (Lipinski definition) is 3. The molecule has 1 aliphatic carbocycles. The van der Waals surface area contributed by atoms with E-state index in [-0.39, 0.29) is 18.3 Å². The summed E-state index contributed by atoms with van der Waals surface area (Å²) in [5.74, 6) is 1.47. The lowest BCUT2D eigenvalue weighted by atomic mass is 9.78. The number of thiophene rings is 1. The fourth-order valence-corrected chi connectivity index (χ4v) is 4.07. The Balaban J connectivity index is 0.00000133. The summed E-state index contributed by atoms with van der Waals surface area (Å²) >= 11 is 1.65. The first-order valence-corrected chi connectivity index (χ1v) is 7.73. The number of rotatable bonds is 2. The molecule has 106 valence electrons. The van der Waals surface area contributed by atoms with Crippen LogP contribution in [0.4, 0.5) is 0 Å². The van der Waals surface area contributed by atoms with Crippen molar-refractivity contribution in [1.82, 2.24) is 4.90 Å². The van der Waals surface area contributed by atoms with E-state index in [1.807, 2.05) is 16.3 Å². The molecule has 1 saturated heterocycles. The molecule has 3 nitrogen and oxygen atoms in total. The zero-order chi connectivity index (χ0) is 12.5. The first-order valence-electron chi connectivity index (χ1n) is 6.78. The van der Waals surface area contributed by atoms with Crippen LogP contribution in [-0.2, 0) is 11.2 Å². The van der Waals surface area contributed by atoms with E-state index in [2.05, 4.69) is 5.38 Å². The standard InChI is InChI=1S/C14H20N2OS.ClH/c15-13-3-1-2-11-7-16(8-12(11)13)14(17)6-10-4-5-18-9-10;/h4-5,9,11-13H,1-3,6-8,15H2;1H. The molecular formula is C14H21ClN2OS. The summed E-state index contributed by atoms with van der Waals surface area (Å²) in [6, 6.07) is 2.35. The van der Waals surface area contributed by atoms with E-state index in [1.165, 1.54) is 12.8 Å². The van der Waals surface area contributed by atoms with Gasteiger partial charge in [-0.1, -0.05) is 6.42 Å². The zero-order valence-electron chi connectivity index (χ0n) is 11.0. The average Bonchev–Trinajstić information content (AvgIpc) is 2.97. The third kappa shape index (κ3) is 3.12. The van der Waals surface area contributed by atoms with Gasteiger partial charge in [0.1, 0.15) is 0 Å². The first-order chi connectivity index (χ1) is 8.74. The zero-order valence-corrected chi connectivity index (χ0v) is 12.6. The highest BCUT2D eigenvalue weighted by atomic mass is 35.5. The second-order valence-electron chi connectivity index (χ2n) is 5.63.